The molecular formula is C13H11FO3. The second-order valence-electron chi connectivity index (χ2n) is 3.83. The first-order valence-corrected chi connectivity index (χ1v) is 5.26. The van der Waals surface area contributed by atoms with E-state index in [1.807, 2.05) is 0 Å². The minimum absolute atomic E-state index is 0.221. The van der Waals surface area contributed by atoms with Crippen molar-refractivity contribution in [3.8, 4) is 0 Å². The van der Waals surface area contributed by atoms with Crippen molar-refractivity contribution in [1.29, 1.82) is 0 Å². The molecular weight excluding hydrogens is 223 g/mol. The third kappa shape index (κ3) is 2.25. The van der Waals surface area contributed by atoms with E-state index in [1.165, 1.54) is 24.3 Å². The second-order valence-corrected chi connectivity index (χ2v) is 3.83. The molecule has 0 saturated carbocycles. The molecule has 0 saturated heterocycles. The number of Topliss-reactive ketones (excluding diaryl/α,β-unsaturated/α-hetero) is 1. The standard InChI is InChI=1S/C13H11FO3/c1-8-11(6-7-17-13(8)16)12(15)9-2-4-10(14)5-3-9/h2-5H,6-7H2,1H3. The summed E-state index contributed by atoms with van der Waals surface area (Å²) < 4.78 is 17.6. The lowest BCUT2D eigenvalue weighted by Crippen LogP contribution is -2.20. The fourth-order valence-electron chi connectivity index (χ4n) is 1.72. The molecule has 0 fully saturated rings. The van der Waals surface area contributed by atoms with Crippen LogP contribution in [-0.2, 0) is 9.53 Å². The maximum Gasteiger partial charge on any atom is 0.334 e. The highest BCUT2D eigenvalue weighted by Gasteiger charge is 2.23. The molecule has 0 aliphatic carbocycles. The quantitative estimate of drug-likeness (QED) is 0.582. The Morgan fingerprint density at radius 3 is 2.59 bits per heavy atom. The molecule has 0 atom stereocenters. The van der Waals surface area contributed by atoms with Crippen molar-refractivity contribution >= 4 is 11.8 Å². The zero-order valence-electron chi connectivity index (χ0n) is 9.33. The lowest BCUT2D eigenvalue weighted by atomic mass is 9.95. The summed E-state index contributed by atoms with van der Waals surface area (Å²) >= 11 is 0. The highest BCUT2D eigenvalue weighted by atomic mass is 19.1. The van der Waals surface area contributed by atoms with E-state index >= 15 is 0 Å². The molecule has 0 radical (unpaired) electrons. The van der Waals surface area contributed by atoms with Crippen molar-refractivity contribution in [2.24, 2.45) is 0 Å². The van der Waals surface area contributed by atoms with Gasteiger partial charge < -0.3 is 4.74 Å². The fraction of sp³-hybridized carbons (Fsp3) is 0.231. The Labute approximate surface area is 97.9 Å². The van der Waals surface area contributed by atoms with Gasteiger partial charge in [-0.25, -0.2) is 9.18 Å². The fourth-order valence-corrected chi connectivity index (χ4v) is 1.72. The Balaban J connectivity index is 2.34. The molecule has 1 aliphatic heterocycles. The molecule has 3 nitrogen and oxygen atoms in total. The summed E-state index contributed by atoms with van der Waals surface area (Å²) in [5.41, 5.74) is 1.17. The van der Waals surface area contributed by atoms with Gasteiger partial charge in [0, 0.05) is 23.1 Å². The second kappa shape index (κ2) is 4.49. The molecule has 1 aromatic rings. The van der Waals surface area contributed by atoms with Crippen LogP contribution in [0.2, 0.25) is 0 Å². The predicted molar refractivity (Wildman–Crippen MR) is 59.0 cm³/mol. The molecule has 17 heavy (non-hydrogen) atoms. The number of carbonyl (C=O) groups is 2. The van der Waals surface area contributed by atoms with Gasteiger partial charge in [-0.05, 0) is 31.2 Å². The van der Waals surface area contributed by atoms with Gasteiger partial charge >= 0.3 is 5.97 Å². The van der Waals surface area contributed by atoms with Crippen LogP contribution in [0.15, 0.2) is 35.4 Å². The highest BCUT2D eigenvalue weighted by molar-refractivity contribution is 6.13. The minimum Gasteiger partial charge on any atom is -0.462 e. The van der Waals surface area contributed by atoms with Crippen LogP contribution in [0, 0.1) is 5.82 Å². The topological polar surface area (TPSA) is 43.4 Å². The average molecular weight is 234 g/mol. The Bertz CT molecular complexity index is 500. The van der Waals surface area contributed by atoms with E-state index in [1.54, 1.807) is 6.92 Å². The highest BCUT2D eigenvalue weighted by Crippen LogP contribution is 2.21. The van der Waals surface area contributed by atoms with Crippen LogP contribution in [0.1, 0.15) is 23.7 Å². The van der Waals surface area contributed by atoms with E-state index in [2.05, 4.69) is 0 Å². The zero-order chi connectivity index (χ0) is 12.4. The number of carbonyl (C=O) groups excluding carboxylic acids is 2. The normalized spacial score (nSPS) is 15.8. The van der Waals surface area contributed by atoms with Gasteiger partial charge in [0.05, 0.1) is 6.61 Å². The van der Waals surface area contributed by atoms with Gasteiger partial charge in [-0.1, -0.05) is 0 Å². The third-order valence-corrected chi connectivity index (χ3v) is 2.72. The number of ketones is 1. The summed E-state index contributed by atoms with van der Waals surface area (Å²) in [5.74, 6) is -1.09. The molecule has 2 rings (SSSR count). The smallest absolute Gasteiger partial charge is 0.334 e. The lowest BCUT2D eigenvalue weighted by molar-refractivity contribution is -0.139. The molecule has 0 amide bonds. The van der Waals surface area contributed by atoms with Crippen LogP contribution >= 0.6 is 0 Å². The van der Waals surface area contributed by atoms with Crippen molar-refractivity contribution in [2.45, 2.75) is 13.3 Å². The van der Waals surface area contributed by atoms with Gasteiger partial charge in [0.1, 0.15) is 5.82 Å². The van der Waals surface area contributed by atoms with Crippen LogP contribution in [-0.4, -0.2) is 18.4 Å². The van der Waals surface area contributed by atoms with Gasteiger partial charge in [-0.2, -0.15) is 0 Å². The average Bonchev–Trinajstić information content (AvgIpc) is 2.33. The summed E-state index contributed by atoms with van der Waals surface area (Å²) in [4.78, 5) is 23.4. The van der Waals surface area contributed by atoms with Crippen LogP contribution < -0.4 is 0 Å². The Morgan fingerprint density at radius 1 is 1.29 bits per heavy atom. The van der Waals surface area contributed by atoms with Gasteiger partial charge in [0.25, 0.3) is 0 Å². The van der Waals surface area contributed by atoms with E-state index in [9.17, 15) is 14.0 Å². The van der Waals surface area contributed by atoms with E-state index in [0.29, 0.717) is 23.1 Å². The largest absolute Gasteiger partial charge is 0.462 e. The van der Waals surface area contributed by atoms with Crippen molar-refractivity contribution in [2.75, 3.05) is 6.61 Å². The summed E-state index contributed by atoms with van der Waals surface area (Å²) in [6, 6.07) is 5.28. The molecule has 0 unspecified atom stereocenters. The number of hydrogen-bond donors (Lipinski definition) is 0. The monoisotopic (exact) mass is 234 g/mol. The van der Waals surface area contributed by atoms with Crippen LogP contribution in [0.4, 0.5) is 4.39 Å². The number of benzene rings is 1. The van der Waals surface area contributed by atoms with Crippen LogP contribution in [0.3, 0.4) is 0 Å². The van der Waals surface area contributed by atoms with Gasteiger partial charge in [0.15, 0.2) is 5.78 Å². The van der Waals surface area contributed by atoms with Gasteiger partial charge in [-0.3, -0.25) is 4.79 Å². The Kier molecular flexibility index (Phi) is 3.04. The Hall–Kier alpha value is -1.97. The number of hydrogen-bond acceptors (Lipinski definition) is 3. The van der Waals surface area contributed by atoms with Gasteiger partial charge in [-0.15, -0.1) is 0 Å². The minimum atomic E-state index is -0.457. The van der Waals surface area contributed by atoms with E-state index in [-0.39, 0.29) is 12.4 Å². The van der Waals surface area contributed by atoms with Gasteiger partial charge in [0.2, 0.25) is 0 Å². The maximum atomic E-state index is 12.7. The number of cyclic esters (lactones) is 1. The molecule has 88 valence electrons. The van der Waals surface area contributed by atoms with E-state index < -0.39 is 11.8 Å². The van der Waals surface area contributed by atoms with Crippen molar-refractivity contribution in [1.82, 2.24) is 0 Å². The molecule has 4 heteroatoms. The maximum absolute atomic E-state index is 12.7. The molecule has 1 heterocycles. The first-order chi connectivity index (χ1) is 8.09. The summed E-state index contributed by atoms with van der Waals surface area (Å²) in [5, 5.41) is 0. The molecule has 0 N–H and O–H groups in total. The number of ether oxygens (including phenoxy) is 1. The molecule has 0 spiro atoms. The predicted octanol–water partition coefficient (Wildman–Crippen LogP) is 2.27. The number of halogens is 1. The SMILES string of the molecule is CC1=C(C(=O)c2ccc(F)cc2)CCOC1=O. The summed E-state index contributed by atoms with van der Waals surface area (Å²) in [7, 11) is 0. The first-order valence-electron chi connectivity index (χ1n) is 5.26. The number of esters is 1. The summed E-state index contributed by atoms with van der Waals surface area (Å²) in [6.45, 7) is 1.79. The zero-order valence-corrected chi connectivity index (χ0v) is 9.33. The molecule has 0 aromatic heterocycles. The molecule has 1 aromatic carbocycles. The lowest BCUT2D eigenvalue weighted by Gasteiger charge is -2.16. The Morgan fingerprint density at radius 2 is 1.94 bits per heavy atom. The summed E-state index contributed by atoms with van der Waals surface area (Å²) in [6.07, 6.45) is 0.410. The van der Waals surface area contributed by atoms with E-state index in [0.717, 1.165) is 0 Å². The number of rotatable bonds is 2. The first kappa shape index (κ1) is 11.5. The van der Waals surface area contributed by atoms with Crippen LogP contribution in [0.25, 0.3) is 0 Å². The van der Waals surface area contributed by atoms with E-state index in [4.69, 9.17) is 4.74 Å². The molecule has 0 bridgehead atoms. The van der Waals surface area contributed by atoms with Crippen molar-refractivity contribution in [3.05, 3.63) is 46.8 Å². The third-order valence-electron chi connectivity index (χ3n) is 2.72. The molecule has 1 aliphatic rings. The van der Waals surface area contributed by atoms with Crippen LogP contribution in [0.5, 0.6) is 0 Å². The van der Waals surface area contributed by atoms with Crippen molar-refractivity contribution < 1.29 is 18.7 Å². The van der Waals surface area contributed by atoms with Crippen molar-refractivity contribution in [3.63, 3.8) is 0 Å².